The second-order valence-corrected chi connectivity index (χ2v) is 10.7. The van der Waals surface area contributed by atoms with Gasteiger partial charge < -0.3 is 0 Å². The van der Waals surface area contributed by atoms with E-state index < -0.39 is 0 Å². The topological polar surface area (TPSA) is 0 Å². The van der Waals surface area contributed by atoms with Crippen molar-refractivity contribution in [2.24, 2.45) is 23.7 Å². The Morgan fingerprint density at radius 2 is 1.29 bits per heavy atom. The molecule has 2 saturated carbocycles. The van der Waals surface area contributed by atoms with Crippen LogP contribution in [-0.4, -0.2) is 0 Å². The molecule has 0 amide bonds. The van der Waals surface area contributed by atoms with Gasteiger partial charge in [0.2, 0.25) is 0 Å². The summed E-state index contributed by atoms with van der Waals surface area (Å²) in [6.07, 6.45) is 24.0. The van der Waals surface area contributed by atoms with Crippen LogP contribution in [0, 0.1) is 35.5 Å². The first kappa shape index (κ1) is 24.4. The Balaban J connectivity index is 1.34. The lowest BCUT2D eigenvalue weighted by Crippen LogP contribution is -2.25. The Hall–Kier alpha value is -1.22. The van der Waals surface area contributed by atoms with Crippen LogP contribution in [0.4, 0.5) is 0 Å². The molecule has 0 radical (unpaired) electrons. The van der Waals surface area contributed by atoms with Crippen LogP contribution >= 0.6 is 0 Å². The molecule has 2 aliphatic carbocycles. The molecule has 3 rings (SSSR count). The highest BCUT2D eigenvalue weighted by Crippen LogP contribution is 2.42. The van der Waals surface area contributed by atoms with Crippen LogP contribution in [0.5, 0.6) is 0 Å². The van der Waals surface area contributed by atoms with Gasteiger partial charge in [-0.3, -0.25) is 0 Å². The van der Waals surface area contributed by atoms with Crippen molar-refractivity contribution in [1.29, 1.82) is 0 Å². The van der Waals surface area contributed by atoms with E-state index in [1.54, 1.807) is 0 Å². The van der Waals surface area contributed by atoms with E-state index in [0.29, 0.717) is 5.92 Å². The third-order valence-corrected chi connectivity index (χ3v) is 8.24. The first-order chi connectivity index (χ1) is 15.3. The Bertz CT molecular complexity index is 642. The monoisotopic (exact) mass is 420 g/mol. The van der Waals surface area contributed by atoms with E-state index in [0.717, 1.165) is 17.8 Å². The Morgan fingerprint density at radius 3 is 1.94 bits per heavy atom. The number of rotatable bonds is 10. The zero-order valence-electron chi connectivity index (χ0n) is 20.6. The van der Waals surface area contributed by atoms with Gasteiger partial charge in [-0.2, -0.15) is 0 Å². The summed E-state index contributed by atoms with van der Waals surface area (Å²) in [5, 5.41) is 0. The smallest absolute Gasteiger partial charge is 0.0245 e. The van der Waals surface area contributed by atoms with Gasteiger partial charge in [-0.05, 0) is 86.8 Å². The van der Waals surface area contributed by atoms with E-state index >= 15 is 0 Å². The summed E-state index contributed by atoms with van der Waals surface area (Å²) in [6.45, 7) is 4.59. The van der Waals surface area contributed by atoms with Gasteiger partial charge in [-0.1, -0.05) is 95.6 Å². The maximum atomic E-state index is 3.62. The van der Waals surface area contributed by atoms with Crippen molar-refractivity contribution in [3.8, 4) is 11.8 Å². The van der Waals surface area contributed by atoms with E-state index in [9.17, 15) is 0 Å². The molecular formula is C31H48. The van der Waals surface area contributed by atoms with Crippen LogP contribution in [0.1, 0.15) is 128 Å². The zero-order chi connectivity index (χ0) is 21.7. The largest absolute Gasteiger partial charge is 0.0945 e. The Morgan fingerprint density at radius 1 is 0.677 bits per heavy atom. The van der Waals surface area contributed by atoms with Gasteiger partial charge in [0.25, 0.3) is 0 Å². The molecule has 0 spiro atoms. The van der Waals surface area contributed by atoms with E-state index in [4.69, 9.17) is 0 Å². The predicted molar refractivity (Wildman–Crippen MR) is 136 cm³/mol. The van der Waals surface area contributed by atoms with Crippen LogP contribution in [0.3, 0.4) is 0 Å². The first-order valence-corrected chi connectivity index (χ1v) is 13.9. The highest BCUT2D eigenvalue weighted by molar-refractivity contribution is 5.36. The maximum absolute atomic E-state index is 3.62. The molecule has 0 unspecified atom stereocenters. The molecule has 0 bridgehead atoms. The van der Waals surface area contributed by atoms with E-state index in [1.165, 1.54) is 120 Å². The molecule has 172 valence electrons. The molecule has 0 atom stereocenters. The lowest BCUT2D eigenvalue weighted by molar-refractivity contribution is 0.153. The summed E-state index contributed by atoms with van der Waals surface area (Å²) in [6, 6.07) is 9.05. The van der Waals surface area contributed by atoms with Crippen LogP contribution in [0.15, 0.2) is 24.3 Å². The number of unbranched alkanes of at least 4 members (excludes halogenated alkanes) is 5. The minimum atomic E-state index is 0.635. The molecule has 0 saturated heterocycles. The first-order valence-electron chi connectivity index (χ1n) is 13.9. The molecule has 2 aliphatic rings. The van der Waals surface area contributed by atoms with E-state index in [1.807, 2.05) is 0 Å². The summed E-state index contributed by atoms with van der Waals surface area (Å²) < 4.78 is 0. The van der Waals surface area contributed by atoms with Gasteiger partial charge in [0.05, 0.1) is 0 Å². The normalized spacial score (nSPS) is 26.3. The third kappa shape index (κ3) is 8.67. The molecule has 31 heavy (non-hydrogen) atoms. The second kappa shape index (κ2) is 14.0. The molecule has 0 nitrogen and oxygen atoms in total. The molecule has 0 heterocycles. The number of benzene rings is 1. The molecular weight excluding hydrogens is 372 g/mol. The lowest BCUT2D eigenvalue weighted by atomic mass is 9.69. The minimum absolute atomic E-state index is 0.635. The van der Waals surface area contributed by atoms with Crippen LogP contribution < -0.4 is 0 Å². The lowest BCUT2D eigenvalue weighted by Gasteiger charge is -2.37. The van der Waals surface area contributed by atoms with Crippen molar-refractivity contribution in [2.75, 3.05) is 0 Å². The molecule has 0 N–H and O–H groups in total. The number of hydrogen-bond acceptors (Lipinski definition) is 0. The molecule has 2 fully saturated rings. The highest BCUT2D eigenvalue weighted by atomic mass is 14.4. The fraction of sp³-hybridized carbons (Fsp3) is 0.742. The van der Waals surface area contributed by atoms with Crippen LogP contribution in [0.25, 0.3) is 0 Å². The molecule has 0 heteroatoms. The minimum Gasteiger partial charge on any atom is -0.0945 e. The Kier molecular flexibility index (Phi) is 11.1. The maximum Gasteiger partial charge on any atom is 0.0245 e. The summed E-state index contributed by atoms with van der Waals surface area (Å²) in [5.41, 5.74) is 2.67. The predicted octanol–water partition coefficient (Wildman–Crippen LogP) is 9.35. The zero-order valence-corrected chi connectivity index (χ0v) is 20.6. The standard InChI is InChI=1S/C31H48/c1-3-5-7-9-11-27-18-22-30(23-19-27)31-24-20-29(21-25-31)17-16-28-14-12-26(13-15-28)10-8-6-4-2/h12-15,27,29-31H,3-11,18-25H2,1-2H3/t27-,29-,30-,31-. The summed E-state index contributed by atoms with van der Waals surface area (Å²) in [5.74, 6) is 10.8. The van der Waals surface area contributed by atoms with Gasteiger partial charge in [-0.15, -0.1) is 0 Å². The quantitative estimate of drug-likeness (QED) is 0.261. The van der Waals surface area contributed by atoms with Gasteiger partial charge in [0.1, 0.15) is 0 Å². The van der Waals surface area contributed by atoms with Gasteiger partial charge >= 0.3 is 0 Å². The summed E-state index contributed by atoms with van der Waals surface area (Å²) in [7, 11) is 0. The van der Waals surface area contributed by atoms with Crippen molar-refractivity contribution < 1.29 is 0 Å². The van der Waals surface area contributed by atoms with Crippen LogP contribution in [0.2, 0.25) is 0 Å². The molecule has 0 aromatic heterocycles. The molecule has 1 aromatic carbocycles. The van der Waals surface area contributed by atoms with Gasteiger partial charge in [-0.25, -0.2) is 0 Å². The number of hydrogen-bond donors (Lipinski definition) is 0. The van der Waals surface area contributed by atoms with Crippen LogP contribution in [-0.2, 0) is 6.42 Å². The van der Waals surface area contributed by atoms with Crippen molar-refractivity contribution in [1.82, 2.24) is 0 Å². The fourth-order valence-electron chi connectivity index (χ4n) is 6.06. The average Bonchev–Trinajstić information content (AvgIpc) is 2.82. The van der Waals surface area contributed by atoms with Crippen molar-refractivity contribution in [3.63, 3.8) is 0 Å². The second-order valence-electron chi connectivity index (χ2n) is 10.7. The fourth-order valence-corrected chi connectivity index (χ4v) is 6.06. The van der Waals surface area contributed by atoms with E-state index in [-0.39, 0.29) is 0 Å². The summed E-state index contributed by atoms with van der Waals surface area (Å²) in [4.78, 5) is 0. The van der Waals surface area contributed by atoms with Gasteiger partial charge in [0, 0.05) is 11.5 Å². The number of aryl methyl sites for hydroxylation is 1. The van der Waals surface area contributed by atoms with E-state index in [2.05, 4.69) is 50.0 Å². The SMILES string of the molecule is CCCCCC[C@H]1CC[C@H]([C@H]2CC[C@H](C#Cc3ccc(CCCCC)cc3)CC2)CC1. The summed E-state index contributed by atoms with van der Waals surface area (Å²) >= 11 is 0. The van der Waals surface area contributed by atoms with Gasteiger partial charge in [0.15, 0.2) is 0 Å². The van der Waals surface area contributed by atoms with Crippen molar-refractivity contribution in [3.05, 3.63) is 35.4 Å². The van der Waals surface area contributed by atoms with Crippen molar-refractivity contribution >= 4 is 0 Å². The van der Waals surface area contributed by atoms with Crippen molar-refractivity contribution in [2.45, 2.75) is 123 Å². The highest BCUT2D eigenvalue weighted by Gasteiger charge is 2.30. The Labute approximate surface area is 194 Å². The average molecular weight is 421 g/mol. The molecule has 1 aromatic rings. The third-order valence-electron chi connectivity index (χ3n) is 8.24. The molecule has 0 aliphatic heterocycles.